The Kier molecular flexibility index (Phi) is 7.83. The highest BCUT2D eigenvalue weighted by Gasteiger charge is 2.31. The number of thioether (sulfide) groups is 1. The van der Waals surface area contributed by atoms with E-state index in [1.807, 2.05) is 19.1 Å². The van der Waals surface area contributed by atoms with E-state index < -0.39 is 0 Å². The van der Waals surface area contributed by atoms with Crippen molar-refractivity contribution in [3.8, 4) is 11.5 Å². The summed E-state index contributed by atoms with van der Waals surface area (Å²) in [5.41, 5.74) is 1.65. The number of ether oxygens (including phenoxy) is 2. The number of halogens is 2. The van der Waals surface area contributed by atoms with E-state index in [1.165, 1.54) is 16.7 Å². The van der Waals surface area contributed by atoms with Crippen LogP contribution < -0.4 is 9.47 Å². The van der Waals surface area contributed by atoms with Gasteiger partial charge in [-0.3, -0.25) is 9.69 Å². The lowest BCUT2D eigenvalue weighted by Gasteiger charge is -2.12. The lowest BCUT2D eigenvalue weighted by molar-refractivity contribution is -0.121. The van der Waals surface area contributed by atoms with E-state index in [-0.39, 0.29) is 5.91 Å². The van der Waals surface area contributed by atoms with Crippen molar-refractivity contribution in [2.75, 3.05) is 19.8 Å². The van der Waals surface area contributed by atoms with E-state index in [1.54, 1.807) is 36.4 Å². The smallest absolute Gasteiger partial charge is 0.266 e. The molecule has 3 rings (SSSR count). The van der Waals surface area contributed by atoms with E-state index in [2.05, 4.69) is 6.58 Å². The largest absolute Gasteiger partial charge is 0.490 e. The highest BCUT2D eigenvalue weighted by Crippen LogP contribution is 2.35. The fraction of sp³-hybridized carbons (Fsp3) is 0.182. The van der Waals surface area contributed by atoms with Gasteiger partial charge in [0, 0.05) is 22.2 Å². The van der Waals surface area contributed by atoms with Crippen LogP contribution in [-0.2, 0) is 4.79 Å². The molecule has 1 aliphatic rings. The molecule has 0 spiro atoms. The molecule has 0 unspecified atom stereocenters. The number of amides is 1. The predicted molar refractivity (Wildman–Crippen MR) is 129 cm³/mol. The molecule has 1 saturated heterocycles. The summed E-state index contributed by atoms with van der Waals surface area (Å²) >= 11 is 18.7. The van der Waals surface area contributed by atoms with Crippen molar-refractivity contribution in [1.29, 1.82) is 0 Å². The summed E-state index contributed by atoms with van der Waals surface area (Å²) in [7, 11) is 0. The molecular weight excluding hydrogens is 461 g/mol. The first-order valence-electron chi connectivity index (χ1n) is 9.06. The van der Waals surface area contributed by atoms with Crippen molar-refractivity contribution in [2.24, 2.45) is 0 Å². The molecule has 0 atom stereocenters. The van der Waals surface area contributed by atoms with Crippen LogP contribution in [0, 0.1) is 6.92 Å². The van der Waals surface area contributed by atoms with Crippen LogP contribution >= 0.6 is 47.2 Å². The maximum Gasteiger partial charge on any atom is 0.266 e. The molecular formula is C22H19Cl2NO3S2. The van der Waals surface area contributed by atoms with Crippen LogP contribution in [0.15, 0.2) is 54.0 Å². The normalized spacial score (nSPS) is 15.0. The molecule has 1 fully saturated rings. The summed E-state index contributed by atoms with van der Waals surface area (Å²) in [5.74, 6) is 1.17. The molecule has 0 aliphatic carbocycles. The molecule has 0 bridgehead atoms. The van der Waals surface area contributed by atoms with Crippen LogP contribution in [0.4, 0.5) is 0 Å². The minimum Gasteiger partial charge on any atom is -0.490 e. The van der Waals surface area contributed by atoms with Crippen molar-refractivity contribution >= 4 is 63.5 Å². The zero-order chi connectivity index (χ0) is 21.7. The summed E-state index contributed by atoms with van der Waals surface area (Å²) in [6.45, 7) is 6.63. The molecule has 2 aromatic rings. The molecule has 30 heavy (non-hydrogen) atoms. The standard InChI is InChI=1S/C22H19Cl2NO3S2/c1-3-8-25-21(26)20(30-22(25)29)13-15-12-16(23)4-7-19(15)28-10-9-27-17-5-6-18(24)14(2)11-17/h3-7,11-13H,1,8-10H2,2H3. The molecule has 0 N–H and O–H groups in total. The molecule has 0 saturated carbocycles. The Hall–Kier alpha value is -1.99. The van der Waals surface area contributed by atoms with Gasteiger partial charge in [-0.25, -0.2) is 0 Å². The molecule has 0 radical (unpaired) electrons. The minimum atomic E-state index is -0.155. The lowest BCUT2D eigenvalue weighted by Crippen LogP contribution is -2.27. The number of nitrogens with zero attached hydrogens (tertiary/aromatic N) is 1. The van der Waals surface area contributed by atoms with Crippen LogP contribution in [0.25, 0.3) is 6.08 Å². The first-order valence-corrected chi connectivity index (χ1v) is 11.0. The predicted octanol–water partition coefficient (Wildman–Crippen LogP) is 6.15. The zero-order valence-electron chi connectivity index (χ0n) is 16.2. The Bertz CT molecular complexity index is 1020. The maximum atomic E-state index is 12.6. The highest BCUT2D eigenvalue weighted by molar-refractivity contribution is 8.26. The van der Waals surface area contributed by atoms with E-state index in [4.69, 9.17) is 44.9 Å². The third kappa shape index (κ3) is 5.58. The topological polar surface area (TPSA) is 38.8 Å². The van der Waals surface area contributed by atoms with E-state index in [0.29, 0.717) is 50.3 Å². The SMILES string of the molecule is C=CCN1C(=O)C(=Cc2cc(Cl)ccc2OCCOc2ccc(Cl)c(C)c2)SC1=S. The monoisotopic (exact) mass is 479 g/mol. The second kappa shape index (κ2) is 10.4. The molecule has 1 amide bonds. The van der Waals surface area contributed by atoms with Crippen molar-refractivity contribution in [3.63, 3.8) is 0 Å². The van der Waals surface area contributed by atoms with Gasteiger partial charge in [0.2, 0.25) is 0 Å². The Morgan fingerprint density at radius 3 is 2.67 bits per heavy atom. The maximum absolute atomic E-state index is 12.6. The second-order valence-electron chi connectivity index (χ2n) is 6.37. The Morgan fingerprint density at radius 2 is 1.93 bits per heavy atom. The van der Waals surface area contributed by atoms with Crippen molar-refractivity contribution < 1.29 is 14.3 Å². The molecule has 156 valence electrons. The third-order valence-electron chi connectivity index (χ3n) is 4.18. The van der Waals surface area contributed by atoms with Crippen molar-refractivity contribution in [1.82, 2.24) is 4.90 Å². The van der Waals surface area contributed by atoms with Gasteiger partial charge in [-0.1, -0.05) is 53.3 Å². The minimum absolute atomic E-state index is 0.155. The zero-order valence-corrected chi connectivity index (χ0v) is 19.3. The van der Waals surface area contributed by atoms with Crippen LogP contribution in [0.3, 0.4) is 0 Å². The summed E-state index contributed by atoms with van der Waals surface area (Å²) in [6, 6.07) is 10.7. The van der Waals surface area contributed by atoms with Gasteiger partial charge in [-0.2, -0.15) is 0 Å². The lowest BCUT2D eigenvalue weighted by atomic mass is 10.2. The molecule has 1 aliphatic heterocycles. The number of carbonyl (C=O) groups excluding carboxylic acids is 1. The summed E-state index contributed by atoms with van der Waals surface area (Å²) in [5, 5.41) is 1.24. The number of benzene rings is 2. The van der Waals surface area contributed by atoms with E-state index in [0.717, 1.165) is 11.3 Å². The number of carbonyl (C=O) groups is 1. The molecule has 1 heterocycles. The van der Waals surface area contributed by atoms with Gasteiger partial charge in [-0.15, -0.1) is 6.58 Å². The number of thiocarbonyl (C=S) groups is 1. The molecule has 0 aromatic heterocycles. The van der Waals surface area contributed by atoms with Crippen LogP contribution in [0.5, 0.6) is 11.5 Å². The Morgan fingerprint density at radius 1 is 1.17 bits per heavy atom. The first kappa shape index (κ1) is 22.7. The van der Waals surface area contributed by atoms with Crippen LogP contribution in [0.1, 0.15) is 11.1 Å². The number of hydrogen-bond acceptors (Lipinski definition) is 5. The summed E-state index contributed by atoms with van der Waals surface area (Å²) < 4.78 is 12.1. The quantitative estimate of drug-likeness (QED) is 0.196. The summed E-state index contributed by atoms with van der Waals surface area (Å²) in [6.07, 6.45) is 3.39. The van der Waals surface area contributed by atoms with Gasteiger partial charge >= 0.3 is 0 Å². The fourth-order valence-corrected chi connectivity index (χ4v) is 4.27. The Labute approximate surface area is 195 Å². The van der Waals surface area contributed by atoms with Crippen molar-refractivity contribution in [2.45, 2.75) is 6.92 Å². The van der Waals surface area contributed by atoms with Crippen molar-refractivity contribution in [3.05, 3.63) is 75.1 Å². The number of aryl methyl sites for hydroxylation is 1. The average molecular weight is 480 g/mol. The van der Waals surface area contributed by atoms with Gasteiger partial charge in [0.05, 0.1) is 4.91 Å². The van der Waals surface area contributed by atoms with E-state index >= 15 is 0 Å². The van der Waals surface area contributed by atoms with Crippen LogP contribution in [-0.4, -0.2) is 34.9 Å². The second-order valence-corrected chi connectivity index (χ2v) is 8.89. The van der Waals surface area contributed by atoms with Gasteiger partial charge in [0.15, 0.2) is 0 Å². The van der Waals surface area contributed by atoms with Gasteiger partial charge in [0.25, 0.3) is 5.91 Å². The third-order valence-corrected chi connectivity index (χ3v) is 6.22. The molecule has 8 heteroatoms. The fourth-order valence-electron chi connectivity index (χ4n) is 2.71. The average Bonchev–Trinajstić information content (AvgIpc) is 2.97. The molecule has 4 nitrogen and oxygen atoms in total. The first-order chi connectivity index (χ1) is 14.4. The van der Waals surface area contributed by atoms with E-state index in [9.17, 15) is 4.79 Å². The van der Waals surface area contributed by atoms with Gasteiger partial charge < -0.3 is 9.47 Å². The van der Waals surface area contributed by atoms with Gasteiger partial charge in [0.1, 0.15) is 29.0 Å². The number of rotatable bonds is 8. The summed E-state index contributed by atoms with van der Waals surface area (Å²) in [4.78, 5) is 14.6. The van der Waals surface area contributed by atoms with Crippen LogP contribution in [0.2, 0.25) is 10.0 Å². The number of hydrogen-bond donors (Lipinski definition) is 0. The Balaban J connectivity index is 1.68. The van der Waals surface area contributed by atoms with Gasteiger partial charge in [-0.05, 0) is 55.0 Å². The molecule has 2 aromatic carbocycles. The highest BCUT2D eigenvalue weighted by atomic mass is 35.5.